The lowest BCUT2D eigenvalue weighted by Crippen LogP contribution is -2.16. The van der Waals surface area contributed by atoms with Crippen LogP contribution in [0.4, 0.5) is 34.1 Å². The van der Waals surface area contributed by atoms with Crippen molar-refractivity contribution in [1.29, 1.82) is 0 Å². The number of hydrogen-bond donors (Lipinski definition) is 0. The van der Waals surface area contributed by atoms with E-state index in [0.29, 0.717) is 23.7 Å². The first kappa shape index (κ1) is 50.7. The maximum atomic E-state index is 2.65. The molecule has 9 aromatic carbocycles. The number of rotatable bonds is 10. The van der Waals surface area contributed by atoms with Crippen molar-refractivity contribution in [2.45, 2.75) is 165 Å². The Labute approximate surface area is 496 Å². The fourth-order valence-electron chi connectivity index (χ4n) is 17.4. The zero-order valence-corrected chi connectivity index (χ0v) is 49.0. The van der Waals surface area contributed by atoms with Crippen molar-refractivity contribution in [2.24, 2.45) is 0 Å². The number of hydrogen-bond acceptors (Lipinski definition) is 2. The first-order valence-electron chi connectivity index (χ1n) is 32.9. The minimum atomic E-state index is 0.665. The first-order valence-corrected chi connectivity index (χ1v) is 32.9. The van der Waals surface area contributed by atoms with Crippen molar-refractivity contribution in [1.82, 2.24) is 9.13 Å². The summed E-state index contributed by atoms with van der Waals surface area (Å²) >= 11 is 0. The fourth-order valence-corrected chi connectivity index (χ4v) is 17.4. The number of anilines is 6. The van der Waals surface area contributed by atoms with Gasteiger partial charge >= 0.3 is 0 Å². The molecule has 2 aromatic heterocycles. The molecule has 0 N–H and O–H groups in total. The molecule has 0 unspecified atom stereocenters. The molecule has 4 aliphatic carbocycles. The summed E-state index contributed by atoms with van der Waals surface area (Å²) in [5.74, 6) is 2.66. The molecule has 6 aliphatic rings. The topological polar surface area (TPSA) is 16.3 Å². The molecule has 84 heavy (non-hydrogen) atoms. The van der Waals surface area contributed by atoms with Gasteiger partial charge in [0.1, 0.15) is 0 Å². The summed E-state index contributed by atoms with van der Waals surface area (Å²) in [6.45, 7) is 0. The zero-order valence-electron chi connectivity index (χ0n) is 49.0. The van der Waals surface area contributed by atoms with E-state index >= 15 is 0 Å². The number of benzene rings is 9. The summed E-state index contributed by atoms with van der Waals surface area (Å²) in [6.07, 6.45) is 28.4. The summed E-state index contributed by atoms with van der Waals surface area (Å²) < 4.78 is 5.31. The summed E-state index contributed by atoms with van der Waals surface area (Å²) in [7, 11) is 0. The third-order valence-corrected chi connectivity index (χ3v) is 21.7. The van der Waals surface area contributed by atoms with Crippen LogP contribution in [0, 0.1) is 0 Å². The summed E-state index contributed by atoms with van der Waals surface area (Å²) in [4.78, 5) is 5.19. The number of aromatic nitrogens is 2. The van der Waals surface area contributed by atoms with Gasteiger partial charge in [0.05, 0.1) is 33.4 Å². The number of nitrogens with zero attached hydrogens (tertiary/aromatic N) is 4. The molecule has 0 saturated heterocycles. The number of fused-ring (bicyclic) bond motifs is 10. The third kappa shape index (κ3) is 8.50. The Kier molecular flexibility index (Phi) is 12.7. The molecule has 4 nitrogen and oxygen atoms in total. The van der Waals surface area contributed by atoms with Gasteiger partial charge in [-0.15, -0.1) is 0 Å². The molecule has 0 amide bonds. The Bertz CT molecular complexity index is 3860. The number of para-hydroxylation sites is 2. The van der Waals surface area contributed by atoms with Crippen LogP contribution in [0.25, 0.3) is 55.0 Å². The summed E-state index contributed by atoms with van der Waals surface area (Å²) in [5, 5.41) is 5.26. The largest absolute Gasteiger partial charge is 0.310 e. The van der Waals surface area contributed by atoms with Gasteiger partial charge in [-0.3, -0.25) is 0 Å². The van der Waals surface area contributed by atoms with Crippen molar-refractivity contribution < 1.29 is 0 Å². The Morgan fingerprint density at radius 1 is 0.286 bits per heavy atom. The average Bonchev–Trinajstić information content (AvgIpc) is 2.07. The summed E-state index contributed by atoms with van der Waals surface area (Å²) in [6, 6.07) is 72.6. The molecule has 17 rings (SSSR count). The maximum absolute atomic E-state index is 2.65. The lowest BCUT2D eigenvalue weighted by molar-refractivity contribution is 0.443. The van der Waals surface area contributed by atoms with Gasteiger partial charge in [0.2, 0.25) is 0 Å². The van der Waals surface area contributed by atoms with E-state index in [4.69, 9.17) is 0 Å². The van der Waals surface area contributed by atoms with E-state index in [-0.39, 0.29) is 0 Å². The van der Waals surface area contributed by atoms with E-state index in [9.17, 15) is 0 Å². The standard InChI is InChI=1S/C80H78N4/c1-5-17-53(18-6-1)57-29-37-63(38-30-57)81(64-39-31-58(32-40-64)54-19-7-2-8-20-54)75-47-45-67-69-51-78-70(52-77(69)83-73-27-15-13-25-61(73)49-71(75)79(67)83)68-46-48-76(72-50-62-26-14-16-28-74(62)84(78)80(68)72)82(65-41-33-59(34-42-65)55-21-9-3-10-22-55)66-43-35-60(36-44-66)56-23-11-4-12-24-56/h13-16,25-48,51-56H,1-12,17-24,49-50H2. The van der Waals surface area contributed by atoms with Gasteiger partial charge < -0.3 is 18.9 Å². The van der Waals surface area contributed by atoms with E-state index in [2.05, 4.69) is 201 Å². The van der Waals surface area contributed by atoms with Crippen LogP contribution < -0.4 is 9.80 Å². The molecular weight excluding hydrogens is 1020 g/mol. The second-order valence-corrected chi connectivity index (χ2v) is 26.5. The van der Waals surface area contributed by atoms with Crippen molar-refractivity contribution in [2.75, 3.05) is 9.80 Å². The Hall–Kier alpha value is -7.82. The predicted molar refractivity (Wildman–Crippen MR) is 353 cm³/mol. The minimum Gasteiger partial charge on any atom is -0.310 e. The Balaban J connectivity index is 0.853. The minimum absolute atomic E-state index is 0.665. The van der Waals surface area contributed by atoms with Gasteiger partial charge in [0.25, 0.3) is 0 Å². The van der Waals surface area contributed by atoms with Crippen LogP contribution in [-0.4, -0.2) is 9.13 Å². The van der Waals surface area contributed by atoms with Gasteiger partial charge in [0, 0.05) is 79.6 Å². The predicted octanol–water partition coefficient (Wildman–Crippen LogP) is 22.8. The van der Waals surface area contributed by atoms with Gasteiger partial charge in [-0.1, -0.05) is 174 Å². The van der Waals surface area contributed by atoms with Crippen LogP contribution in [0.15, 0.2) is 182 Å². The SMILES string of the molecule is c1ccc2c(c1)Cc1c(N(c3ccc(C4CCCCC4)cc3)c3ccc(C4CCCCC4)cc3)ccc3c4cc5c(cc4n-2c13)c1ccc(N(c2ccc(C3CCCCC3)cc2)c2ccc(C3CCCCC3)cc2)c2c1n5-c1ccccc1C2. The van der Waals surface area contributed by atoms with E-state index in [0.717, 1.165) is 12.8 Å². The Morgan fingerprint density at radius 3 is 0.893 bits per heavy atom. The van der Waals surface area contributed by atoms with E-state index in [1.165, 1.54) is 262 Å². The van der Waals surface area contributed by atoms with Crippen LogP contribution >= 0.6 is 0 Å². The quantitative estimate of drug-likeness (QED) is 0.136. The molecule has 11 aromatic rings. The zero-order chi connectivity index (χ0) is 55.2. The van der Waals surface area contributed by atoms with E-state index in [1.807, 2.05) is 0 Å². The van der Waals surface area contributed by atoms with Crippen molar-refractivity contribution in [3.8, 4) is 11.4 Å². The molecule has 0 spiro atoms. The smallest absolute Gasteiger partial charge is 0.0597 e. The molecule has 2 aliphatic heterocycles. The molecule has 4 saturated carbocycles. The molecule has 0 atom stereocenters. The highest BCUT2D eigenvalue weighted by atomic mass is 15.2. The first-order chi connectivity index (χ1) is 41.7. The second kappa shape index (κ2) is 21.1. The molecule has 0 bridgehead atoms. The van der Waals surface area contributed by atoms with Gasteiger partial charge in [-0.2, -0.15) is 0 Å². The van der Waals surface area contributed by atoms with E-state index < -0.39 is 0 Å². The van der Waals surface area contributed by atoms with Crippen molar-refractivity contribution in [3.63, 3.8) is 0 Å². The lowest BCUT2D eigenvalue weighted by Gasteiger charge is -2.31. The monoisotopic (exact) mass is 1090 g/mol. The van der Waals surface area contributed by atoms with Gasteiger partial charge in [-0.05, 0) is 193 Å². The molecule has 4 heteroatoms. The van der Waals surface area contributed by atoms with E-state index in [1.54, 1.807) is 0 Å². The van der Waals surface area contributed by atoms with Crippen LogP contribution in [0.2, 0.25) is 0 Å². The maximum Gasteiger partial charge on any atom is 0.0597 e. The van der Waals surface area contributed by atoms with Crippen molar-refractivity contribution >= 4 is 77.7 Å². The fraction of sp³-hybridized carbons (Fsp3) is 0.325. The van der Waals surface area contributed by atoms with Crippen LogP contribution in [0.3, 0.4) is 0 Å². The molecular formula is C80H78N4. The average molecular weight is 1100 g/mol. The lowest BCUT2D eigenvalue weighted by atomic mass is 9.84. The highest BCUT2D eigenvalue weighted by molar-refractivity contribution is 6.21. The van der Waals surface area contributed by atoms with Crippen LogP contribution in [0.5, 0.6) is 0 Å². The van der Waals surface area contributed by atoms with Crippen LogP contribution in [-0.2, 0) is 12.8 Å². The van der Waals surface area contributed by atoms with Gasteiger partial charge in [-0.25, -0.2) is 0 Å². The third-order valence-electron chi connectivity index (χ3n) is 21.7. The highest BCUT2D eigenvalue weighted by Gasteiger charge is 2.32. The molecule has 418 valence electrons. The highest BCUT2D eigenvalue weighted by Crippen LogP contribution is 2.52. The Morgan fingerprint density at radius 2 is 0.583 bits per heavy atom. The van der Waals surface area contributed by atoms with Crippen molar-refractivity contribution in [3.05, 3.63) is 226 Å². The van der Waals surface area contributed by atoms with Gasteiger partial charge in [0.15, 0.2) is 0 Å². The normalized spacial score (nSPS) is 17.7. The molecule has 4 heterocycles. The van der Waals surface area contributed by atoms with Crippen LogP contribution in [0.1, 0.15) is 197 Å². The molecule has 0 radical (unpaired) electrons. The summed E-state index contributed by atoms with van der Waals surface area (Å²) in [5.41, 5.74) is 26.8. The second-order valence-electron chi connectivity index (χ2n) is 26.5. The molecule has 4 fully saturated rings.